The lowest BCUT2D eigenvalue weighted by molar-refractivity contribution is 0.602. The number of para-hydroxylation sites is 1. The van der Waals surface area contributed by atoms with E-state index in [0.717, 1.165) is 30.5 Å². The lowest BCUT2D eigenvalue weighted by Crippen LogP contribution is -2.23. The average molecular weight is 339 g/mol. The van der Waals surface area contributed by atoms with E-state index in [1.807, 2.05) is 30.3 Å². The van der Waals surface area contributed by atoms with Crippen molar-refractivity contribution in [2.45, 2.75) is 17.9 Å². The molecule has 0 bridgehead atoms. The van der Waals surface area contributed by atoms with Gasteiger partial charge in [0.15, 0.2) is 0 Å². The van der Waals surface area contributed by atoms with Gasteiger partial charge in [0, 0.05) is 23.8 Å². The molecule has 122 valence electrons. The van der Waals surface area contributed by atoms with Crippen LogP contribution in [0.4, 0.5) is 5.69 Å². The van der Waals surface area contributed by atoms with Gasteiger partial charge in [-0.2, -0.15) is 0 Å². The summed E-state index contributed by atoms with van der Waals surface area (Å²) < 4.78 is 28.3. The molecule has 3 aromatic rings. The van der Waals surface area contributed by atoms with Gasteiger partial charge in [-0.3, -0.25) is 9.71 Å². The van der Waals surface area contributed by atoms with Crippen LogP contribution in [0.15, 0.2) is 59.6 Å². The molecule has 1 aromatic heterocycles. The Morgan fingerprint density at radius 2 is 1.92 bits per heavy atom. The first-order valence-electron chi connectivity index (χ1n) is 7.82. The van der Waals surface area contributed by atoms with Crippen LogP contribution < -0.4 is 10.0 Å². The average Bonchev–Trinajstić information content (AvgIpc) is 2.61. The molecule has 6 heteroatoms. The van der Waals surface area contributed by atoms with E-state index in [4.69, 9.17) is 0 Å². The monoisotopic (exact) mass is 339 g/mol. The van der Waals surface area contributed by atoms with Gasteiger partial charge in [-0.25, -0.2) is 8.42 Å². The van der Waals surface area contributed by atoms with Crippen LogP contribution >= 0.6 is 0 Å². The van der Waals surface area contributed by atoms with E-state index in [1.165, 1.54) is 5.56 Å². The molecule has 0 saturated heterocycles. The zero-order chi connectivity index (χ0) is 16.6. The van der Waals surface area contributed by atoms with Gasteiger partial charge in [0.25, 0.3) is 10.0 Å². The molecule has 0 unspecified atom stereocenters. The van der Waals surface area contributed by atoms with Crippen molar-refractivity contribution in [3.05, 3.63) is 65.9 Å². The van der Waals surface area contributed by atoms with Gasteiger partial charge in [0.05, 0.1) is 5.52 Å². The molecule has 5 nitrogen and oxygen atoms in total. The highest BCUT2D eigenvalue weighted by Gasteiger charge is 2.19. The summed E-state index contributed by atoms with van der Waals surface area (Å²) in [6.45, 7) is 1.72. The highest BCUT2D eigenvalue weighted by atomic mass is 32.2. The molecule has 2 heterocycles. The van der Waals surface area contributed by atoms with Crippen LogP contribution in [0.5, 0.6) is 0 Å². The Kier molecular flexibility index (Phi) is 3.70. The van der Waals surface area contributed by atoms with Gasteiger partial charge in [0.1, 0.15) is 4.90 Å². The van der Waals surface area contributed by atoms with Gasteiger partial charge < -0.3 is 5.32 Å². The minimum atomic E-state index is -3.70. The first-order chi connectivity index (χ1) is 11.6. The topological polar surface area (TPSA) is 71.1 Å². The summed E-state index contributed by atoms with van der Waals surface area (Å²) in [6, 6.07) is 14.5. The second kappa shape index (κ2) is 5.89. The van der Waals surface area contributed by atoms with Crippen LogP contribution in [-0.2, 0) is 23.0 Å². The maximum Gasteiger partial charge on any atom is 0.264 e. The Morgan fingerprint density at radius 3 is 2.83 bits per heavy atom. The number of benzene rings is 2. The van der Waals surface area contributed by atoms with Gasteiger partial charge in [-0.05, 0) is 48.4 Å². The molecule has 0 atom stereocenters. The summed E-state index contributed by atoms with van der Waals surface area (Å²) in [7, 11) is -3.70. The van der Waals surface area contributed by atoms with Crippen molar-refractivity contribution in [2.75, 3.05) is 11.3 Å². The molecule has 2 aromatic carbocycles. The molecular formula is C18H17N3O2S. The molecule has 2 N–H and O–H groups in total. The minimum Gasteiger partial charge on any atom is -0.312 e. The third-order valence-corrected chi connectivity index (χ3v) is 5.64. The highest BCUT2D eigenvalue weighted by molar-refractivity contribution is 7.93. The van der Waals surface area contributed by atoms with E-state index >= 15 is 0 Å². The predicted octanol–water partition coefficient (Wildman–Crippen LogP) is 2.68. The van der Waals surface area contributed by atoms with Crippen molar-refractivity contribution in [1.82, 2.24) is 10.3 Å². The lowest BCUT2D eigenvalue weighted by atomic mass is 10.0. The van der Waals surface area contributed by atoms with Crippen molar-refractivity contribution in [3.8, 4) is 0 Å². The third-order valence-electron chi connectivity index (χ3n) is 4.23. The second-order valence-corrected chi connectivity index (χ2v) is 7.50. The Labute approximate surface area is 140 Å². The number of aromatic nitrogens is 1. The number of hydrogen-bond acceptors (Lipinski definition) is 4. The number of anilines is 1. The van der Waals surface area contributed by atoms with Gasteiger partial charge >= 0.3 is 0 Å². The van der Waals surface area contributed by atoms with Crippen LogP contribution in [-0.4, -0.2) is 19.9 Å². The summed E-state index contributed by atoms with van der Waals surface area (Å²) in [5, 5.41) is 4.10. The van der Waals surface area contributed by atoms with Gasteiger partial charge in [-0.1, -0.05) is 24.3 Å². The summed E-state index contributed by atoms with van der Waals surface area (Å²) in [5.74, 6) is 0. The predicted molar refractivity (Wildman–Crippen MR) is 94.4 cm³/mol. The molecule has 1 aliphatic heterocycles. The number of fused-ring (bicyclic) bond motifs is 2. The van der Waals surface area contributed by atoms with E-state index in [9.17, 15) is 8.42 Å². The number of nitrogens with zero attached hydrogens (tertiary/aromatic N) is 1. The largest absolute Gasteiger partial charge is 0.312 e. The van der Waals surface area contributed by atoms with E-state index in [-0.39, 0.29) is 4.90 Å². The molecule has 4 rings (SSSR count). The number of pyridine rings is 1. The van der Waals surface area contributed by atoms with Crippen LogP contribution in [0.3, 0.4) is 0 Å². The Hall–Kier alpha value is -2.44. The third kappa shape index (κ3) is 2.74. The fourth-order valence-corrected chi connectivity index (χ4v) is 4.28. The summed E-state index contributed by atoms with van der Waals surface area (Å²) in [6.07, 6.45) is 2.57. The molecule has 0 aliphatic carbocycles. The number of sulfonamides is 1. The first kappa shape index (κ1) is 15.1. The number of hydrogen-bond donors (Lipinski definition) is 2. The van der Waals surface area contributed by atoms with Gasteiger partial charge in [-0.15, -0.1) is 0 Å². The Bertz CT molecular complexity index is 1010. The van der Waals surface area contributed by atoms with Gasteiger partial charge in [0.2, 0.25) is 0 Å². The summed E-state index contributed by atoms with van der Waals surface area (Å²) in [4.78, 5) is 4.42. The number of nitrogens with one attached hydrogen (secondary N) is 2. The molecule has 0 fully saturated rings. The smallest absolute Gasteiger partial charge is 0.264 e. The fourth-order valence-electron chi connectivity index (χ4n) is 3.05. The van der Waals surface area contributed by atoms with E-state index in [2.05, 4.69) is 15.0 Å². The molecule has 0 spiro atoms. The Balaban J connectivity index is 1.73. The number of rotatable bonds is 3. The Morgan fingerprint density at radius 1 is 1.04 bits per heavy atom. The van der Waals surface area contributed by atoms with Crippen molar-refractivity contribution in [2.24, 2.45) is 0 Å². The molecule has 0 radical (unpaired) electrons. The molecule has 24 heavy (non-hydrogen) atoms. The van der Waals surface area contributed by atoms with Crippen molar-refractivity contribution in [1.29, 1.82) is 0 Å². The second-order valence-electron chi connectivity index (χ2n) is 5.85. The first-order valence-corrected chi connectivity index (χ1v) is 9.31. The fraction of sp³-hybridized carbons (Fsp3) is 0.167. The van der Waals surface area contributed by atoms with Crippen LogP contribution in [0.25, 0.3) is 10.9 Å². The van der Waals surface area contributed by atoms with Crippen LogP contribution in [0, 0.1) is 0 Å². The molecular weight excluding hydrogens is 322 g/mol. The van der Waals surface area contributed by atoms with Crippen molar-refractivity contribution in [3.63, 3.8) is 0 Å². The van der Waals surface area contributed by atoms with E-state index in [1.54, 1.807) is 24.4 Å². The zero-order valence-electron chi connectivity index (χ0n) is 13.0. The normalized spacial score (nSPS) is 14.3. The standard InChI is InChI=1S/C18H17N3O2S/c22-24(23,17-5-1-3-14-4-2-9-20-18(14)17)21-16-7-6-13-8-10-19-12-15(13)11-16/h1-7,9,11,19,21H,8,10,12H2. The van der Waals surface area contributed by atoms with E-state index in [0.29, 0.717) is 11.2 Å². The zero-order valence-corrected chi connectivity index (χ0v) is 13.8. The van der Waals surface area contributed by atoms with Crippen LogP contribution in [0.1, 0.15) is 11.1 Å². The maximum absolute atomic E-state index is 12.8. The minimum absolute atomic E-state index is 0.191. The van der Waals surface area contributed by atoms with Crippen LogP contribution in [0.2, 0.25) is 0 Å². The summed E-state index contributed by atoms with van der Waals surface area (Å²) in [5.41, 5.74) is 3.46. The molecule has 0 amide bonds. The SMILES string of the molecule is O=S(=O)(Nc1ccc2c(c1)CNCC2)c1cccc2cccnc12. The summed E-state index contributed by atoms with van der Waals surface area (Å²) >= 11 is 0. The molecule has 0 saturated carbocycles. The van der Waals surface area contributed by atoms with Crippen molar-refractivity contribution >= 4 is 26.6 Å². The van der Waals surface area contributed by atoms with E-state index < -0.39 is 10.0 Å². The molecule has 1 aliphatic rings. The quantitative estimate of drug-likeness (QED) is 0.770. The van der Waals surface area contributed by atoms with Crippen molar-refractivity contribution < 1.29 is 8.42 Å². The maximum atomic E-state index is 12.8. The lowest BCUT2D eigenvalue weighted by Gasteiger charge is -2.18. The highest BCUT2D eigenvalue weighted by Crippen LogP contribution is 2.25.